The second-order valence-corrected chi connectivity index (χ2v) is 7.76. The second-order valence-electron chi connectivity index (χ2n) is 7.76. The molecular weight excluding hydrogens is 232 g/mol. The highest BCUT2D eigenvalue weighted by molar-refractivity contribution is 5.00. The summed E-state index contributed by atoms with van der Waals surface area (Å²) in [6.45, 7) is 4.52. The Kier molecular flexibility index (Phi) is 3.92. The van der Waals surface area contributed by atoms with E-state index in [4.69, 9.17) is 5.73 Å². The van der Waals surface area contributed by atoms with Crippen LogP contribution in [0.15, 0.2) is 0 Å². The number of hydrogen-bond acceptors (Lipinski definition) is 2. The largest absolute Gasteiger partial charge is 0.329 e. The lowest BCUT2D eigenvalue weighted by molar-refractivity contribution is 0.0917. The maximum absolute atomic E-state index is 6.20. The quantitative estimate of drug-likeness (QED) is 0.826. The third-order valence-corrected chi connectivity index (χ3v) is 6.85. The molecule has 3 rings (SSSR count). The summed E-state index contributed by atoms with van der Waals surface area (Å²) in [5.41, 5.74) is 6.53. The van der Waals surface area contributed by atoms with Crippen molar-refractivity contribution in [1.82, 2.24) is 4.90 Å². The van der Waals surface area contributed by atoms with Crippen molar-refractivity contribution in [1.29, 1.82) is 0 Å². The van der Waals surface area contributed by atoms with Gasteiger partial charge in [0.25, 0.3) is 0 Å². The summed E-state index contributed by atoms with van der Waals surface area (Å²) in [4.78, 5) is 2.67. The molecule has 2 N–H and O–H groups in total. The Balaban J connectivity index is 1.61. The topological polar surface area (TPSA) is 29.3 Å². The van der Waals surface area contributed by atoms with Gasteiger partial charge in [-0.25, -0.2) is 0 Å². The van der Waals surface area contributed by atoms with Crippen LogP contribution in [0.5, 0.6) is 0 Å². The molecule has 0 aromatic rings. The molecule has 0 saturated heterocycles. The molecule has 0 aliphatic heterocycles. The average molecular weight is 264 g/mol. The summed E-state index contributed by atoms with van der Waals surface area (Å²) in [7, 11) is 2.36. The first kappa shape index (κ1) is 13.9. The molecule has 0 heterocycles. The van der Waals surface area contributed by atoms with E-state index in [1.807, 2.05) is 0 Å². The van der Waals surface area contributed by atoms with Gasteiger partial charge in [0, 0.05) is 18.6 Å². The fourth-order valence-electron chi connectivity index (χ4n) is 5.40. The van der Waals surface area contributed by atoms with Crippen LogP contribution < -0.4 is 5.73 Å². The van der Waals surface area contributed by atoms with Crippen LogP contribution in [-0.4, -0.2) is 30.6 Å². The van der Waals surface area contributed by atoms with Crippen molar-refractivity contribution in [2.75, 3.05) is 20.1 Å². The van der Waals surface area contributed by atoms with Crippen molar-refractivity contribution in [3.63, 3.8) is 0 Å². The van der Waals surface area contributed by atoms with E-state index >= 15 is 0 Å². The molecular formula is C17H32N2. The van der Waals surface area contributed by atoms with Gasteiger partial charge in [-0.05, 0) is 69.2 Å². The smallest absolute Gasteiger partial charge is 0.0331 e. The van der Waals surface area contributed by atoms with Gasteiger partial charge >= 0.3 is 0 Å². The first-order chi connectivity index (χ1) is 9.16. The minimum atomic E-state index is 0.336. The van der Waals surface area contributed by atoms with E-state index in [-0.39, 0.29) is 0 Å². The Morgan fingerprint density at radius 2 is 2.05 bits per heavy atom. The fraction of sp³-hybridized carbons (Fsp3) is 1.00. The van der Waals surface area contributed by atoms with Crippen LogP contribution in [0.3, 0.4) is 0 Å². The molecule has 3 aliphatic rings. The van der Waals surface area contributed by atoms with Gasteiger partial charge in [0.1, 0.15) is 0 Å². The zero-order valence-electron chi connectivity index (χ0n) is 12.9. The van der Waals surface area contributed by atoms with Crippen molar-refractivity contribution in [2.45, 2.75) is 63.8 Å². The predicted molar refractivity (Wildman–Crippen MR) is 81.0 cm³/mol. The summed E-state index contributed by atoms with van der Waals surface area (Å²) in [6, 6.07) is 0. The zero-order valence-corrected chi connectivity index (χ0v) is 12.9. The summed E-state index contributed by atoms with van der Waals surface area (Å²) in [5, 5.41) is 0. The molecule has 2 heteroatoms. The van der Waals surface area contributed by atoms with Crippen LogP contribution >= 0.6 is 0 Å². The van der Waals surface area contributed by atoms with E-state index in [9.17, 15) is 0 Å². The number of rotatable bonds is 5. The molecule has 0 spiro atoms. The standard InChI is InChI=1S/C17H32N2/c1-3-13-6-7-17(10-13,12-18)19(2)11-16-9-14-4-5-15(16)8-14/h13-16H,3-12,18H2,1-2H3. The average Bonchev–Trinajstić information content (AvgIpc) is 3.13. The number of likely N-dealkylation sites (N-methyl/N-ethyl adjacent to an activating group) is 1. The highest BCUT2D eigenvalue weighted by atomic mass is 15.2. The Hall–Kier alpha value is -0.0800. The molecule has 3 aliphatic carbocycles. The minimum absolute atomic E-state index is 0.336. The molecule has 5 atom stereocenters. The molecule has 19 heavy (non-hydrogen) atoms. The number of fused-ring (bicyclic) bond motifs is 2. The predicted octanol–water partition coefficient (Wildman–Crippen LogP) is 3.26. The Morgan fingerprint density at radius 1 is 1.21 bits per heavy atom. The molecule has 110 valence electrons. The summed E-state index contributed by atoms with van der Waals surface area (Å²) in [6.07, 6.45) is 11.5. The van der Waals surface area contributed by atoms with Gasteiger partial charge in [-0.2, -0.15) is 0 Å². The zero-order chi connectivity index (χ0) is 13.5. The Bertz CT molecular complexity index is 316. The van der Waals surface area contributed by atoms with Crippen LogP contribution in [0, 0.1) is 23.7 Å². The lowest BCUT2D eigenvalue weighted by atomic mass is 9.86. The molecule has 2 bridgehead atoms. The third kappa shape index (κ3) is 2.47. The number of nitrogens with zero attached hydrogens (tertiary/aromatic N) is 1. The van der Waals surface area contributed by atoms with Gasteiger partial charge in [0.05, 0.1) is 0 Å². The van der Waals surface area contributed by atoms with Crippen LogP contribution in [0.4, 0.5) is 0 Å². The summed E-state index contributed by atoms with van der Waals surface area (Å²) in [5.74, 6) is 4.02. The summed E-state index contributed by atoms with van der Waals surface area (Å²) < 4.78 is 0. The maximum Gasteiger partial charge on any atom is 0.0331 e. The molecule has 3 saturated carbocycles. The van der Waals surface area contributed by atoms with Gasteiger partial charge in [0.15, 0.2) is 0 Å². The highest BCUT2D eigenvalue weighted by Gasteiger charge is 2.44. The molecule has 0 aromatic heterocycles. The minimum Gasteiger partial charge on any atom is -0.329 e. The van der Waals surface area contributed by atoms with E-state index in [1.54, 1.807) is 0 Å². The SMILES string of the molecule is CCC1CCC(CN)(N(C)CC2CC3CCC2C3)C1. The van der Waals surface area contributed by atoms with E-state index in [0.29, 0.717) is 5.54 Å². The maximum atomic E-state index is 6.20. The lowest BCUT2D eigenvalue weighted by Crippen LogP contribution is -2.52. The second kappa shape index (κ2) is 5.37. The van der Waals surface area contributed by atoms with Crippen molar-refractivity contribution < 1.29 is 0 Å². The molecule has 0 aromatic carbocycles. The van der Waals surface area contributed by atoms with Crippen molar-refractivity contribution in [2.24, 2.45) is 29.4 Å². The van der Waals surface area contributed by atoms with E-state index < -0.39 is 0 Å². The Morgan fingerprint density at radius 3 is 2.58 bits per heavy atom. The van der Waals surface area contributed by atoms with Gasteiger partial charge in [-0.15, -0.1) is 0 Å². The fourth-order valence-corrected chi connectivity index (χ4v) is 5.40. The molecule has 2 nitrogen and oxygen atoms in total. The van der Waals surface area contributed by atoms with E-state index in [2.05, 4.69) is 18.9 Å². The lowest BCUT2D eigenvalue weighted by Gasteiger charge is -2.41. The normalized spacial score (nSPS) is 45.5. The van der Waals surface area contributed by atoms with Crippen LogP contribution in [0.2, 0.25) is 0 Å². The first-order valence-corrected chi connectivity index (χ1v) is 8.58. The molecule has 3 fully saturated rings. The number of nitrogens with two attached hydrogens (primary N) is 1. The van der Waals surface area contributed by atoms with Crippen molar-refractivity contribution in [3.8, 4) is 0 Å². The highest BCUT2D eigenvalue weighted by Crippen LogP contribution is 2.49. The van der Waals surface area contributed by atoms with Gasteiger partial charge < -0.3 is 5.73 Å². The van der Waals surface area contributed by atoms with Crippen LogP contribution in [0.1, 0.15) is 58.3 Å². The monoisotopic (exact) mass is 264 g/mol. The van der Waals surface area contributed by atoms with Gasteiger partial charge in [-0.1, -0.05) is 19.8 Å². The van der Waals surface area contributed by atoms with Crippen molar-refractivity contribution in [3.05, 3.63) is 0 Å². The third-order valence-electron chi connectivity index (χ3n) is 6.85. The Labute approximate surface area is 119 Å². The van der Waals surface area contributed by atoms with Gasteiger partial charge in [-0.3, -0.25) is 4.90 Å². The van der Waals surface area contributed by atoms with Crippen LogP contribution in [-0.2, 0) is 0 Å². The summed E-state index contributed by atoms with van der Waals surface area (Å²) >= 11 is 0. The molecule has 5 unspecified atom stereocenters. The van der Waals surface area contributed by atoms with Gasteiger partial charge in [0.2, 0.25) is 0 Å². The first-order valence-electron chi connectivity index (χ1n) is 8.58. The van der Waals surface area contributed by atoms with E-state index in [1.165, 1.54) is 57.9 Å². The number of hydrogen-bond donors (Lipinski definition) is 1. The van der Waals surface area contributed by atoms with Crippen LogP contribution in [0.25, 0.3) is 0 Å². The molecule has 0 radical (unpaired) electrons. The molecule has 0 amide bonds. The van der Waals surface area contributed by atoms with E-state index in [0.717, 1.165) is 30.2 Å². The van der Waals surface area contributed by atoms with Crippen molar-refractivity contribution >= 4 is 0 Å².